The van der Waals surface area contributed by atoms with Crippen molar-refractivity contribution >= 4 is 23.3 Å². The van der Waals surface area contributed by atoms with Crippen LogP contribution >= 0.6 is 11.5 Å². The van der Waals surface area contributed by atoms with E-state index >= 15 is 0 Å². The summed E-state index contributed by atoms with van der Waals surface area (Å²) >= 11 is 1.15. The fraction of sp³-hybridized carbons (Fsp3) is 0.474. The van der Waals surface area contributed by atoms with Crippen molar-refractivity contribution in [1.82, 2.24) is 19.8 Å². The lowest BCUT2D eigenvalue weighted by Gasteiger charge is -2.32. The first-order valence-electron chi connectivity index (χ1n) is 9.24. The molecule has 1 atom stereocenters. The highest BCUT2D eigenvalue weighted by Crippen LogP contribution is 2.26. The average Bonchev–Trinajstić information content (AvgIpc) is 3.33. The number of nitrogens with one attached hydrogen (secondary N) is 1. The molecule has 0 bridgehead atoms. The topological polar surface area (TPSA) is 84.4 Å². The number of amides is 2. The molecule has 27 heavy (non-hydrogen) atoms. The van der Waals surface area contributed by atoms with Gasteiger partial charge in [0.25, 0.3) is 11.8 Å². The first-order chi connectivity index (χ1) is 13.1. The fourth-order valence-electron chi connectivity index (χ4n) is 3.65. The second-order valence-corrected chi connectivity index (χ2v) is 7.83. The number of benzene rings is 1. The maximum Gasteiger partial charge on any atom is 0.267 e. The van der Waals surface area contributed by atoms with Gasteiger partial charge in [-0.15, -0.1) is 5.10 Å². The molecule has 7 nitrogen and oxygen atoms in total. The summed E-state index contributed by atoms with van der Waals surface area (Å²) in [5, 5.41) is 6.95. The molecule has 1 N–H and O–H groups in total. The molecule has 1 saturated heterocycles. The summed E-state index contributed by atoms with van der Waals surface area (Å²) < 4.78 is 9.34. The molecule has 1 fully saturated rings. The van der Waals surface area contributed by atoms with Gasteiger partial charge < -0.3 is 15.0 Å². The fourth-order valence-corrected chi connectivity index (χ4v) is 4.28. The number of fused-ring (bicyclic) bond motifs is 1. The summed E-state index contributed by atoms with van der Waals surface area (Å²) in [4.78, 5) is 27.6. The van der Waals surface area contributed by atoms with E-state index in [2.05, 4.69) is 14.9 Å². The Balaban J connectivity index is 1.33. The number of hydrogen-bond donors (Lipinski definition) is 1. The van der Waals surface area contributed by atoms with Gasteiger partial charge in [-0.2, -0.15) is 0 Å². The van der Waals surface area contributed by atoms with Crippen molar-refractivity contribution in [2.45, 2.75) is 26.2 Å². The molecular weight excluding hydrogens is 364 g/mol. The minimum absolute atomic E-state index is 0.00264. The Morgan fingerprint density at radius 3 is 3.11 bits per heavy atom. The van der Waals surface area contributed by atoms with Gasteiger partial charge in [0.05, 0.1) is 12.3 Å². The first kappa shape index (κ1) is 17.9. The van der Waals surface area contributed by atoms with Crippen LogP contribution in [0.25, 0.3) is 0 Å². The number of carbonyl (C=O) groups is 2. The van der Waals surface area contributed by atoms with Gasteiger partial charge in [-0.05, 0) is 61.0 Å². The van der Waals surface area contributed by atoms with Crippen molar-refractivity contribution in [3.05, 3.63) is 39.9 Å². The predicted molar refractivity (Wildman–Crippen MR) is 101 cm³/mol. The van der Waals surface area contributed by atoms with Gasteiger partial charge in [0, 0.05) is 31.6 Å². The number of ether oxygens (including phenoxy) is 1. The van der Waals surface area contributed by atoms with Crippen LogP contribution in [0, 0.1) is 12.8 Å². The summed E-state index contributed by atoms with van der Waals surface area (Å²) in [6.07, 6.45) is 2.79. The predicted octanol–water partition coefficient (Wildman–Crippen LogP) is 2.06. The van der Waals surface area contributed by atoms with E-state index in [-0.39, 0.29) is 17.7 Å². The van der Waals surface area contributed by atoms with Gasteiger partial charge in [0.15, 0.2) is 0 Å². The van der Waals surface area contributed by atoms with E-state index in [4.69, 9.17) is 4.74 Å². The molecule has 0 spiro atoms. The maximum absolute atomic E-state index is 12.7. The van der Waals surface area contributed by atoms with Crippen molar-refractivity contribution in [2.75, 3.05) is 26.2 Å². The number of likely N-dealkylation sites (tertiary alicyclic amines) is 1. The number of piperidine rings is 1. The van der Waals surface area contributed by atoms with E-state index < -0.39 is 0 Å². The molecule has 2 aliphatic rings. The Kier molecular flexibility index (Phi) is 5.07. The third-order valence-corrected chi connectivity index (χ3v) is 5.97. The third-order valence-electron chi connectivity index (χ3n) is 5.15. The van der Waals surface area contributed by atoms with Gasteiger partial charge >= 0.3 is 0 Å². The average molecular weight is 386 g/mol. The minimum atomic E-state index is -0.0735. The van der Waals surface area contributed by atoms with Gasteiger partial charge in [0.2, 0.25) is 0 Å². The molecule has 3 heterocycles. The molecule has 4 rings (SSSR count). The lowest BCUT2D eigenvalue weighted by Crippen LogP contribution is -2.43. The lowest BCUT2D eigenvalue weighted by molar-refractivity contribution is 0.0675. The lowest BCUT2D eigenvalue weighted by atomic mass is 9.97. The zero-order valence-electron chi connectivity index (χ0n) is 15.2. The number of aryl methyl sites for hydroxylation is 1. The number of hydrogen-bond acceptors (Lipinski definition) is 6. The third kappa shape index (κ3) is 3.80. The van der Waals surface area contributed by atoms with Crippen molar-refractivity contribution in [1.29, 1.82) is 0 Å². The van der Waals surface area contributed by atoms with Gasteiger partial charge in [-0.1, -0.05) is 4.49 Å². The quantitative estimate of drug-likeness (QED) is 0.870. The Labute approximate surface area is 161 Å². The van der Waals surface area contributed by atoms with Crippen LogP contribution in [0.2, 0.25) is 0 Å². The summed E-state index contributed by atoms with van der Waals surface area (Å²) in [7, 11) is 0. The van der Waals surface area contributed by atoms with Gasteiger partial charge in [-0.25, -0.2) is 0 Å². The second kappa shape index (κ2) is 7.64. The Morgan fingerprint density at radius 1 is 1.41 bits per heavy atom. The monoisotopic (exact) mass is 386 g/mol. The van der Waals surface area contributed by atoms with Crippen LogP contribution in [-0.2, 0) is 6.42 Å². The molecule has 8 heteroatoms. The summed E-state index contributed by atoms with van der Waals surface area (Å²) in [6.45, 7) is 4.44. The molecule has 0 aliphatic carbocycles. The van der Waals surface area contributed by atoms with E-state index in [0.717, 1.165) is 48.7 Å². The van der Waals surface area contributed by atoms with E-state index in [0.29, 0.717) is 35.8 Å². The number of rotatable bonds is 4. The molecule has 0 saturated carbocycles. The van der Waals surface area contributed by atoms with Gasteiger partial charge in [0.1, 0.15) is 10.6 Å². The molecule has 2 aromatic rings. The SMILES string of the molecule is Cc1nnsc1C(=O)N1CCCC(CNC(=O)c2ccc3c(c2)CCO3)C1. The summed E-state index contributed by atoms with van der Waals surface area (Å²) in [5.74, 6) is 1.05. The number of aromatic nitrogens is 2. The van der Waals surface area contributed by atoms with Crippen LogP contribution in [0.3, 0.4) is 0 Å². The van der Waals surface area contributed by atoms with Crippen molar-refractivity contribution < 1.29 is 14.3 Å². The molecule has 0 radical (unpaired) electrons. The molecule has 142 valence electrons. The highest BCUT2D eigenvalue weighted by molar-refractivity contribution is 7.07. The largest absolute Gasteiger partial charge is 0.493 e. The van der Waals surface area contributed by atoms with Crippen molar-refractivity contribution in [2.24, 2.45) is 5.92 Å². The van der Waals surface area contributed by atoms with E-state index in [1.54, 1.807) is 13.0 Å². The van der Waals surface area contributed by atoms with Gasteiger partial charge in [-0.3, -0.25) is 9.59 Å². The van der Waals surface area contributed by atoms with Crippen LogP contribution in [0.15, 0.2) is 18.2 Å². The minimum Gasteiger partial charge on any atom is -0.493 e. The van der Waals surface area contributed by atoms with Crippen LogP contribution in [0.5, 0.6) is 5.75 Å². The molecule has 1 aromatic carbocycles. The highest BCUT2D eigenvalue weighted by atomic mass is 32.1. The molecule has 1 unspecified atom stereocenters. The van der Waals surface area contributed by atoms with E-state index in [1.165, 1.54) is 0 Å². The standard InChI is InChI=1S/C19H22N4O3S/c1-12-17(27-22-21-12)19(25)23-7-2-3-13(11-23)10-20-18(24)15-4-5-16-14(9-15)6-8-26-16/h4-5,9,13H,2-3,6-8,10-11H2,1H3,(H,20,24). The zero-order chi connectivity index (χ0) is 18.8. The second-order valence-electron chi connectivity index (χ2n) is 7.08. The maximum atomic E-state index is 12.7. The Bertz CT molecular complexity index is 866. The zero-order valence-corrected chi connectivity index (χ0v) is 16.1. The molecular formula is C19H22N4O3S. The summed E-state index contributed by atoms with van der Waals surface area (Å²) in [5.41, 5.74) is 2.43. The summed E-state index contributed by atoms with van der Waals surface area (Å²) in [6, 6.07) is 5.58. The van der Waals surface area contributed by atoms with Crippen LogP contribution in [-0.4, -0.2) is 52.5 Å². The molecule has 2 aliphatic heterocycles. The molecule has 1 aromatic heterocycles. The van der Waals surface area contributed by atoms with Crippen molar-refractivity contribution in [3.8, 4) is 5.75 Å². The smallest absolute Gasteiger partial charge is 0.267 e. The van der Waals surface area contributed by atoms with Crippen molar-refractivity contribution in [3.63, 3.8) is 0 Å². The normalized spacial score (nSPS) is 18.7. The highest BCUT2D eigenvalue weighted by Gasteiger charge is 2.27. The first-order valence-corrected chi connectivity index (χ1v) is 10.0. The van der Waals surface area contributed by atoms with Crippen LogP contribution < -0.4 is 10.1 Å². The van der Waals surface area contributed by atoms with Crippen LogP contribution in [0.1, 0.15) is 44.1 Å². The molecule has 2 amide bonds. The van der Waals surface area contributed by atoms with E-state index in [1.807, 2.05) is 17.0 Å². The number of nitrogens with zero attached hydrogens (tertiary/aromatic N) is 3. The Morgan fingerprint density at radius 2 is 2.30 bits per heavy atom. The van der Waals surface area contributed by atoms with Crippen LogP contribution in [0.4, 0.5) is 0 Å². The number of carbonyl (C=O) groups excluding carboxylic acids is 2. The Hall–Kier alpha value is -2.48. The van der Waals surface area contributed by atoms with E-state index in [9.17, 15) is 9.59 Å².